The number of hydrogen-bond donors (Lipinski definition) is 1. The Bertz CT molecular complexity index is 1500. The summed E-state index contributed by atoms with van der Waals surface area (Å²) < 4.78 is 34.1. The molecule has 1 aliphatic carbocycles. The van der Waals surface area contributed by atoms with Gasteiger partial charge in [-0.2, -0.15) is 0 Å². The van der Waals surface area contributed by atoms with Gasteiger partial charge in [0.05, 0.1) is 22.7 Å². The highest BCUT2D eigenvalue weighted by molar-refractivity contribution is 7.92. The minimum atomic E-state index is -4.21. The summed E-state index contributed by atoms with van der Waals surface area (Å²) in [5, 5.41) is 3.71. The molecule has 2 amide bonds. The molecule has 0 saturated heterocycles. The Balaban J connectivity index is 1.70. The molecule has 0 spiro atoms. The van der Waals surface area contributed by atoms with Crippen molar-refractivity contribution in [2.75, 3.05) is 18.0 Å². The summed E-state index contributed by atoms with van der Waals surface area (Å²) >= 11 is 12.8. The molecule has 0 bridgehead atoms. The zero-order valence-corrected chi connectivity index (χ0v) is 26.0. The second kappa shape index (κ2) is 14.3. The fraction of sp³-hybridized carbons (Fsp3) is 0.355. The lowest BCUT2D eigenvalue weighted by Gasteiger charge is -2.33. The monoisotopic (exact) mass is 631 g/mol. The maximum absolute atomic E-state index is 14.1. The van der Waals surface area contributed by atoms with Crippen molar-refractivity contribution < 1.29 is 22.7 Å². The van der Waals surface area contributed by atoms with Gasteiger partial charge < -0.3 is 15.0 Å². The molecule has 1 atom stereocenters. The lowest BCUT2D eigenvalue weighted by atomic mass is 9.95. The van der Waals surface area contributed by atoms with Crippen LogP contribution >= 0.6 is 23.2 Å². The van der Waals surface area contributed by atoms with Crippen LogP contribution < -0.4 is 14.4 Å². The van der Waals surface area contributed by atoms with Crippen molar-refractivity contribution in [1.82, 2.24) is 10.2 Å². The Kier molecular flexibility index (Phi) is 10.8. The predicted molar refractivity (Wildman–Crippen MR) is 165 cm³/mol. The van der Waals surface area contributed by atoms with Crippen molar-refractivity contribution in [3.63, 3.8) is 0 Å². The van der Waals surface area contributed by atoms with Crippen molar-refractivity contribution in [3.8, 4) is 5.75 Å². The summed E-state index contributed by atoms with van der Waals surface area (Å²) in [6.45, 7) is 1.08. The van der Waals surface area contributed by atoms with Gasteiger partial charge in [0.2, 0.25) is 11.8 Å². The molecular formula is C31H35Cl2N3O5S. The molecule has 0 heterocycles. The van der Waals surface area contributed by atoms with E-state index in [1.807, 2.05) is 0 Å². The van der Waals surface area contributed by atoms with Crippen LogP contribution in [0.5, 0.6) is 5.75 Å². The maximum atomic E-state index is 14.1. The van der Waals surface area contributed by atoms with E-state index in [2.05, 4.69) is 5.32 Å². The van der Waals surface area contributed by atoms with E-state index in [4.69, 9.17) is 27.9 Å². The fourth-order valence-corrected chi connectivity index (χ4v) is 6.89. The van der Waals surface area contributed by atoms with Crippen molar-refractivity contribution in [3.05, 3.63) is 88.4 Å². The van der Waals surface area contributed by atoms with Gasteiger partial charge in [0, 0.05) is 17.6 Å². The molecule has 42 heavy (non-hydrogen) atoms. The molecule has 0 aliphatic heterocycles. The molecule has 1 aliphatic rings. The van der Waals surface area contributed by atoms with E-state index in [1.165, 1.54) is 42.3 Å². The molecule has 0 radical (unpaired) electrons. The molecule has 4 rings (SSSR count). The van der Waals surface area contributed by atoms with Gasteiger partial charge in [-0.3, -0.25) is 13.9 Å². The molecule has 11 heteroatoms. The molecule has 1 unspecified atom stereocenters. The second-order valence-electron chi connectivity index (χ2n) is 10.3. The van der Waals surface area contributed by atoms with Gasteiger partial charge in [0.15, 0.2) is 0 Å². The van der Waals surface area contributed by atoms with E-state index in [9.17, 15) is 18.0 Å². The predicted octanol–water partition coefficient (Wildman–Crippen LogP) is 6.06. The number of methoxy groups -OCH3 is 1. The highest BCUT2D eigenvalue weighted by Gasteiger charge is 2.33. The van der Waals surface area contributed by atoms with E-state index < -0.39 is 28.5 Å². The van der Waals surface area contributed by atoms with Gasteiger partial charge in [-0.1, -0.05) is 78.9 Å². The molecule has 3 aromatic carbocycles. The number of ether oxygens (including phenoxy) is 1. The molecule has 1 N–H and O–H groups in total. The standard InChI is InChI=1S/C31H35Cl2N3O5S/c1-22(31(38)34-24-12-5-3-6-13-24)35(20-23-11-9-10-16-27(23)32)30(37)21-36(25-17-18-29(41-2)28(33)19-25)42(39,40)26-14-7-4-8-15-26/h4,7-11,14-19,22,24H,3,5-6,12-13,20-21H2,1-2H3,(H,34,38). The fourth-order valence-electron chi connectivity index (χ4n) is 5.02. The number of anilines is 1. The normalized spacial score (nSPS) is 14.6. The second-order valence-corrected chi connectivity index (χ2v) is 13.0. The van der Waals surface area contributed by atoms with Gasteiger partial charge in [-0.25, -0.2) is 8.42 Å². The van der Waals surface area contributed by atoms with Crippen LogP contribution in [0.3, 0.4) is 0 Å². The number of benzene rings is 3. The first-order valence-corrected chi connectivity index (χ1v) is 16.1. The van der Waals surface area contributed by atoms with Crippen molar-refractivity contribution in [2.45, 2.75) is 62.6 Å². The first kappa shape index (κ1) is 31.7. The SMILES string of the molecule is COc1ccc(N(CC(=O)N(Cc2ccccc2Cl)C(C)C(=O)NC2CCCCC2)S(=O)(=O)c2ccccc2)cc1Cl. The smallest absolute Gasteiger partial charge is 0.264 e. The zero-order chi connectivity index (χ0) is 30.3. The van der Waals surface area contributed by atoms with Crippen LogP contribution in [0.15, 0.2) is 77.7 Å². The van der Waals surface area contributed by atoms with Gasteiger partial charge in [-0.05, 0) is 61.7 Å². The Hall–Kier alpha value is -3.27. The molecule has 224 valence electrons. The third-order valence-electron chi connectivity index (χ3n) is 7.45. The maximum Gasteiger partial charge on any atom is 0.264 e. The Morgan fingerprint density at radius 2 is 1.62 bits per heavy atom. The lowest BCUT2D eigenvalue weighted by Crippen LogP contribution is -2.53. The van der Waals surface area contributed by atoms with E-state index in [1.54, 1.807) is 49.4 Å². The van der Waals surface area contributed by atoms with Crippen LogP contribution in [-0.4, -0.2) is 50.9 Å². The number of rotatable bonds is 11. The molecule has 0 aromatic heterocycles. The molecule has 1 saturated carbocycles. The number of sulfonamides is 1. The van der Waals surface area contributed by atoms with Gasteiger partial charge in [0.25, 0.3) is 10.0 Å². The van der Waals surface area contributed by atoms with Crippen molar-refractivity contribution >= 4 is 50.7 Å². The lowest BCUT2D eigenvalue weighted by molar-refractivity contribution is -0.139. The summed E-state index contributed by atoms with van der Waals surface area (Å²) in [6.07, 6.45) is 4.99. The van der Waals surface area contributed by atoms with Gasteiger partial charge in [-0.15, -0.1) is 0 Å². The van der Waals surface area contributed by atoms with Crippen LogP contribution in [0.4, 0.5) is 5.69 Å². The molecule has 3 aromatic rings. The van der Waals surface area contributed by atoms with Gasteiger partial charge in [0.1, 0.15) is 18.3 Å². The average Bonchev–Trinajstić information content (AvgIpc) is 2.99. The average molecular weight is 633 g/mol. The van der Waals surface area contributed by atoms with Crippen LogP contribution in [0.2, 0.25) is 10.0 Å². The molecule has 1 fully saturated rings. The molecular weight excluding hydrogens is 597 g/mol. The largest absolute Gasteiger partial charge is 0.495 e. The highest BCUT2D eigenvalue weighted by atomic mass is 35.5. The third kappa shape index (κ3) is 7.56. The number of nitrogens with zero attached hydrogens (tertiary/aromatic N) is 2. The summed E-state index contributed by atoms with van der Waals surface area (Å²) in [7, 11) is -2.76. The number of halogens is 2. The number of amides is 2. The number of nitrogens with one attached hydrogen (secondary N) is 1. The number of carbonyl (C=O) groups excluding carboxylic acids is 2. The Morgan fingerprint density at radius 3 is 2.26 bits per heavy atom. The Morgan fingerprint density at radius 1 is 0.952 bits per heavy atom. The zero-order valence-electron chi connectivity index (χ0n) is 23.6. The highest BCUT2D eigenvalue weighted by Crippen LogP contribution is 2.32. The topological polar surface area (TPSA) is 96.0 Å². The minimum Gasteiger partial charge on any atom is -0.495 e. The quantitative estimate of drug-likeness (QED) is 0.277. The third-order valence-corrected chi connectivity index (χ3v) is 9.90. The van der Waals surface area contributed by atoms with Crippen LogP contribution in [0, 0.1) is 0 Å². The summed E-state index contributed by atoms with van der Waals surface area (Å²) in [5.41, 5.74) is 0.810. The molecule has 8 nitrogen and oxygen atoms in total. The van der Waals surface area contributed by atoms with E-state index in [0.717, 1.165) is 36.4 Å². The summed E-state index contributed by atoms with van der Waals surface area (Å²) in [4.78, 5) is 28.9. The first-order valence-electron chi connectivity index (χ1n) is 13.9. The van der Waals surface area contributed by atoms with Crippen LogP contribution in [0.1, 0.15) is 44.6 Å². The van der Waals surface area contributed by atoms with Crippen LogP contribution in [-0.2, 0) is 26.2 Å². The summed E-state index contributed by atoms with van der Waals surface area (Å²) in [5.74, 6) is -0.517. The van der Waals surface area contributed by atoms with Crippen molar-refractivity contribution in [1.29, 1.82) is 0 Å². The van der Waals surface area contributed by atoms with Crippen molar-refractivity contribution in [2.24, 2.45) is 0 Å². The number of hydrogen-bond acceptors (Lipinski definition) is 5. The first-order chi connectivity index (χ1) is 20.1. The van der Waals surface area contributed by atoms with Gasteiger partial charge >= 0.3 is 0 Å². The van der Waals surface area contributed by atoms with E-state index >= 15 is 0 Å². The number of carbonyl (C=O) groups is 2. The van der Waals surface area contributed by atoms with Crippen LogP contribution in [0.25, 0.3) is 0 Å². The minimum absolute atomic E-state index is 0.00508. The van der Waals surface area contributed by atoms with E-state index in [0.29, 0.717) is 16.3 Å². The Labute approximate surface area is 257 Å². The van der Waals surface area contributed by atoms with E-state index in [-0.39, 0.29) is 34.1 Å². The summed E-state index contributed by atoms with van der Waals surface area (Å²) in [6, 6.07) is 18.5.